The lowest BCUT2D eigenvalue weighted by Gasteiger charge is -2.13. The third kappa shape index (κ3) is 4.09. The molecule has 0 spiro atoms. The van der Waals surface area contributed by atoms with Gasteiger partial charge in [0.1, 0.15) is 0 Å². The second kappa shape index (κ2) is 8.91. The van der Waals surface area contributed by atoms with E-state index < -0.39 is 5.91 Å². The minimum absolute atomic E-state index is 0.137. The first kappa shape index (κ1) is 20.5. The van der Waals surface area contributed by atoms with Gasteiger partial charge in [-0.05, 0) is 35.6 Å². The first-order chi connectivity index (χ1) is 15.1. The summed E-state index contributed by atoms with van der Waals surface area (Å²) in [6, 6.07) is 17.7. The molecule has 156 valence electrons. The number of benzene rings is 2. The van der Waals surface area contributed by atoms with Crippen molar-refractivity contribution < 1.29 is 15.1 Å². The molecule has 0 unspecified atom stereocenters. The number of carbonyl (C=O) groups excluding carboxylic acids is 1. The first-order valence-electron chi connectivity index (χ1n) is 9.90. The first-order valence-corrected chi connectivity index (χ1v) is 9.90. The SMILES string of the molecule is Nc1c(-c2ccc(-c3ccc(CCCO)cc3)cc2)nc2ccncc2c1C(=O)NO. The van der Waals surface area contributed by atoms with Crippen molar-refractivity contribution in [1.82, 2.24) is 15.4 Å². The number of aliphatic hydroxyl groups excluding tert-OH is 1. The van der Waals surface area contributed by atoms with Gasteiger partial charge in [0.15, 0.2) is 0 Å². The van der Waals surface area contributed by atoms with Crippen molar-refractivity contribution in [2.24, 2.45) is 0 Å². The largest absolute Gasteiger partial charge is 0.396 e. The highest BCUT2D eigenvalue weighted by Gasteiger charge is 2.19. The Morgan fingerprint density at radius 3 is 2.26 bits per heavy atom. The lowest BCUT2D eigenvalue weighted by molar-refractivity contribution is 0.0709. The van der Waals surface area contributed by atoms with Crippen molar-refractivity contribution >= 4 is 22.5 Å². The third-order valence-electron chi connectivity index (χ3n) is 5.22. The number of nitrogen functional groups attached to an aromatic ring is 1. The molecule has 31 heavy (non-hydrogen) atoms. The molecule has 2 aromatic carbocycles. The fraction of sp³-hybridized carbons (Fsp3) is 0.125. The zero-order chi connectivity index (χ0) is 21.8. The van der Waals surface area contributed by atoms with E-state index in [1.165, 1.54) is 11.8 Å². The molecule has 0 radical (unpaired) electrons. The van der Waals surface area contributed by atoms with Crippen molar-refractivity contribution in [3.63, 3.8) is 0 Å². The number of carbonyl (C=O) groups is 1. The molecule has 0 atom stereocenters. The average Bonchev–Trinajstić information content (AvgIpc) is 2.82. The summed E-state index contributed by atoms with van der Waals surface area (Å²) in [5.74, 6) is -0.711. The number of aliphatic hydroxyl groups is 1. The van der Waals surface area contributed by atoms with Crippen molar-refractivity contribution in [2.75, 3.05) is 12.3 Å². The summed E-state index contributed by atoms with van der Waals surface area (Å²) in [6.45, 7) is 0.188. The third-order valence-corrected chi connectivity index (χ3v) is 5.22. The number of aryl methyl sites for hydroxylation is 1. The Morgan fingerprint density at radius 2 is 1.61 bits per heavy atom. The number of hydrogen-bond acceptors (Lipinski definition) is 6. The molecule has 7 nitrogen and oxygen atoms in total. The van der Waals surface area contributed by atoms with Gasteiger partial charge in [0.25, 0.3) is 5.91 Å². The van der Waals surface area contributed by atoms with Crippen molar-refractivity contribution in [2.45, 2.75) is 12.8 Å². The molecule has 0 fully saturated rings. The van der Waals surface area contributed by atoms with Gasteiger partial charge in [-0.1, -0.05) is 48.5 Å². The average molecular weight is 414 g/mol. The van der Waals surface area contributed by atoms with E-state index in [1.54, 1.807) is 17.7 Å². The Labute approximate surface area is 179 Å². The lowest BCUT2D eigenvalue weighted by atomic mass is 9.98. The minimum atomic E-state index is -0.711. The Bertz CT molecular complexity index is 1220. The number of pyridine rings is 2. The zero-order valence-corrected chi connectivity index (χ0v) is 16.7. The van der Waals surface area contributed by atoms with E-state index in [1.807, 2.05) is 24.3 Å². The van der Waals surface area contributed by atoms with Gasteiger partial charge in [0, 0.05) is 30.0 Å². The Morgan fingerprint density at radius 1 is 0.968 bits per heavy atom. The Hall–Kier alpha value is -3.81. The van der Waals surface area contributed by atoms with Crippen LogP contribution in [0.3, 0.4) is 0 Å². The number of amides is 1. The van der Waals surface area contributed by atoms with Gasteiger partial charge in [-0.15, -0.1) is 0 Å². The molecule has 0 saturated heterocycles. The van der Waals surface area contributed by atoms with Crippen LogP contribution in [0.2, 0.25) is 0 Å². The van der Waals surface area contributed by atoms with Gasteiger partial charge in [-0.3, -0.25) is 15.0 Å². The van der Waals surface area contributed by atoms with Gasteiger partial charge in [0.2, 0.25) is 0 Å². The fourth-order valence-corrected chi connectivity index (χ4v) is 3.61. The second-order valence-electron chi connectivity index (χ2n) is 7.18. The predicted octanol–water partition coefficient (Wildman–Crippen LogP) is 3.59. The molecular formula is C24H22N4O3. The standard InChI is InChI=1S/C24H22N4O3/c25-22-21(24(30)28-31)19-14-26-12-11-20(19)27-23(22)18-9-7-17(8-10-18)16-5-3-15(4-6-16)2-1-13-29/h3-12,14,29,31H,1-2,13,25H2,(H,28,30). The number of hydroxylamine groups is 1. The topological polar surface area (TPSA) is 121 Å². The fourth-order valence-electron chi connectivity index (χ4n) is 3.61. The minimum Gasteiger partial charge on any atom is -0.396 e. The molecule has 5 N–H and O–H groups in total. The van der Waals surface area contributed by atoms with Gasteiger partial charge < -0.3 is 10.8 Å². The zero-order valence-electron chi connectivity index (χ0n) is 16.7. The number of fused-ring (bicyclic) bond motifs is 1. The van der Waals surface area contributed by atoms with E-state index in [4.69, 9.17) is 16.0 Å². The summed E-state index contributed by atoms with van der Waals surface area (Å²) in [4.78, 5) is 20.9. The van der Waals surface area contributed by atoms with Gasteiger partial charge in [-0.2, -0.15) is 0 Å². The molecule has 0 aliphatic rings. The Kier molecular flexibility index (Phi) is 5.88. The van der Waals surface area contributed by atoms with Gasteiger partial charge in [0.05, 0.1) is 22.5 Å². The molecule has 2 heterocycles. The molecule has 0 bridgehead atoms. The normalized spacial score (nSPS) is 10.9. The van der Waals surface area contributed by atoms with E-state index in [2.05, 4.69) is 34.2 Å². The second-order valence-corrected chi connectivity index (χ2v) is 7.18. The summed E-state index contributed by atoms with van der Waals surface area (Å²) < 4.78 is 0. The number of rotatable bonds is 6. The van der Waals surface area contributed by atoms with Crippen molar-refractivity contribution in [1.29, 1.82) is 0 Å². The van der Waals surface area contributed by atoms with Crippen LogP contribution in [0.5, 0.6) is 0 Å². The van der Waals surface area contributed by atoms with E-state index in [-0.39, 0.29) is 17.9 Å². The maximum Gasteiger partial charge on any atom is 0.277 e. The highest BCUT2D eigenvalue weighted by molar-refractivity contribution is 6.12. The van der Waals surface area contributed by atoms with E-state index >= 15 is 0 Å². The molecular weight excluding hydrogens is 392 g/mol. The van der Waals surface area contributed by atoms with Crippen LogP contribution < -0.4 is 11.2 Å². The van der Waals surface area contributed by atoms with Gasteiger partial charge in [-0.25, -0.2) is 10.5 Å². The summed E-state index contributed by atoms with van der Waals surface area (Å²) in [5.41, 5.74) is 13.3. The molecule has 0 aliphatic heterocycles. The van der Waals surface area contributed by atoms with Crippen LogP contribution in [-0.2, 0) is 6.42 Å². The number of hydrogen-bond donors (Lipinski definition) is 4. The Balaban J connectivity index is 1.71. The molecule has 2 aromatic heterocycles. The summed E-state index contributed by atoms with van der Waals surface area (Å²) >= 11 is 0. The predicted molar refractivity (Wildman–Crippen MR) is 119 cm³/mol. The molecule has 4 rings (SSSR count). The van der Waals surface area contributed by atoms with Crippen LogP contribution in [0, 0.1) is 0 Å². The van der Waals surface area contributed by atoms with Gasteiger partial charge >= 0.3 is 0 Å². The van der Waals surface area contributed by atoms with Crippen LogP contribution in [0.15, 0.2) is 67.0 Å². The maximum absolute atomic E-state index is 12.3. The van der Waals surface area contributed by atoms with Crippen LogP contribution in [0.4, 0.5) is 5.69 Å². The van der Waals surface area contributed by atoms with E-state index in [0.29, 0.717) is 16.6 Å². The lowest BCUT2D eigenvalue weighted by Crippen LogP contribution is -2.21. The highest BCUT2D eigenvalue weighted by atomic mass is 16.5. The maximum atomic E-state index is 12.3. The van der Waals surface area contributed by atoms with Crippen LogP contribution in [0.25, 0.3) is 33.3 Å². The van der Waals surface area contributed by atoms with Crippen LogP contribution >= 0.6 is 0 Å². The smallest absolute Gasteiger partial charge is 0.277 e. The summed E-state index contributed by atoms with van der Waals surface area (Å²) in [6.07, 6.45) is 4.69. The number of nitrogens with zero attached hydrogens (tertiary/aromatic N) is 2. The number of aromatic nitrogens is 2. The number of anilines is 1. The summed E-state index contributed by atoms with van der Waals surface area (Å²) in [7, 11) is 0. The van der Waals surface area contributed by atoms with Crippen LogP contribution in [0.1, 0.15) is 22.3 Å². The van der Waals surface area contributed by atoms with Crippen LogP contribution in [-0.4, -0.2) is 32.8 Å². The molecule has 1 amide bonds. The molecule has 7 heteroatoms. The van der Waals surface area contributed by atoms with E-state index in [9.17, 15) is 4.79 Å². The van der Waals surface area contributed by atoms with E-state index in [0.717, 1.165) is 29.5 Å². The summed E-state index contributed by atoms with van der Waals surface area (Å²) in [5, 5.41) is 18.6. The highest BCUT2D eigenvalue weighted by Crippen LogP contribution is 2.33. The number of nitrogens with two attached hydrogens (primary N) is 1. The van der Waals surface area contributed by atoms with Crippen molar-refractivity contribution in [3.05, 3.63) is 78.1 Å². The number of nitrogens with one attached hydrogen (secondary N) is 1. The monoisotopic (exact) mass is 414 g/mol. The molecule has 0 aliphatic carbocycles. The molecule has 0 saturated carbocycles. The van der Waals surface area contributed by atoms with Crippen molar-refractivity contribution in [3.8, 4) is 22.4 Å². The quantitative estimate of drug-likeness (QED) is 0.283. The molecule has 4 aromatic rings.